The lowest BCUT2D eigenvalue weighted by Gasteiger charge is -2.00. The van der Waals surface area contributed by atoms with Gasteiger partial charge in [-0.1, -0.05) is 19.6 Å². The van der Waals surface area contributed by atoms with Crippen LogP contribution in [-0.2, 0) is 0 Å². The SMILES string of the molecule is [2H]C([2H])([2H])C([2H])([2H])C([2H])([2H])C([2H])([2H])CN=C(N)N/N=C/c1c[nH]c2ccc(OC)cc12. The van der Waals surface area contributed by atoms with Gasteiger partial charge in [0.15, 0.2) is 0 Å². The molecule has 1 aromatic heterocycles. The van der Waals surface area contributed by atoms with Crippen LogP contribution in [0.1, 0.15) is 43.9 Å². The van der Waals surface area contributed by atoms with E-state index in [1.54, 1.807) is 25.4 Å². The van der Waals surface area contributed by atoms with Crippen molar-refractivity contribution in [2.45, 2.75) is 26.0 Å². The molecule has 0 atom stereocenters. The van der Waals surface area contributed by atoms with Crippen molar-refractivity contribution in [3.63, 3.8) is 0 Å². The maximum Gasteiger partial charge on any atom is 0.209 e. The number of nitrogens with zero attached hydrogens (tertiary/aromatic N) is 2. The summed E-state index contributed by atoms with van der Waals surface area (Å²) in [6.45, 7) is -4.29. The molecule has 6 heteroatoms. The number of hydrogen-bond acceptors (Lipinski definition) is 3. The van der Waals surface area contributed by atoms with E-state index in [1.807, 2.05) is 6.07 Å². The number of hydrogen-bond donors (Lipinski definition) is 3. The Morgan fingerprint density at radius 3 is 3.27 bits per heavy atom. The van der Waals surface area contributed by atoms with E-state index in [2.05, 4.69) is 20.5 Å². The van der Waals surface area contributed by atoms with E-state index in [0.717, 1.165) is 10.9 Å². The second-order valence-corrected chi connectivity index (χ2v) is 4.15. The number of guanidine groups is 1. The first-order chi connectivity index (χ1) is 14.1. The molecule has 0 saturated carbocycles. The fourth-order valence-electron chi connectivity index (χ4n) is 1.77. The van der Waals surface area contributed by atoms with Gasteiger partial charge >= 0.3 is 0 Å². The van der Waals surface area contributed by atoms with Gasteiger partial charge in [-0.2, -0.15) is 5.10 Å². The van der Waals surface area contributed by atoms with Crippen molar-refractivity contribution in [2.24, 2.45) is 15.8 Å². The quantitative estimate of drug-likeness (QED) is 0.417. The molecule has 0 amide bonds. The maximum atomic E-state index is 7.83. The molecule has 118 valence electrons. The van der Waals surface area contributed by atoms with Crippen molar-refractivity contribution in [1.82, 2.24) is 10.4 Å². The Morgan fingerprint density at radius 1 is 1.55 bits per heavy atom. The van der Waals surface area contributed by atoms with Gasteiger partial charge in [-0.05, 0) is 24.6 Å². The summed E-state index contributed by atoms with van der Waals surface area (Å²) in [4.78, 5) is 6.70. The molecule has 0 aliphatic carbocycles. The van der Waals surface area contributed by atoms with Crippen LogP contribution in [0, 0.1) is 0 Å². The summed E-state index contributed by atoms with van der Waals surface area (Å²) in [5.41, 5.74) is 9.54. The van der Waals surface area contributed by atoms with Crippen molar-refractivity contribution >= 4 is 23.1 Å². The predicted molar refractivity (Wildman–Crippen MR) is 91.6 cm³/mol. The van der Waals surface area contributed by atoms with Crippen molar-refractivity contribution in [1.29, 1.82) is 0 Å². The van der Waals surface area contributed by atoms with Crippen LogP contribution in [0.25, 0.3) is 10.9 Å². The Morgan fingerprint density at radius 2 is 2.45 bits per heavy atom. The molecule has 0 spiro atoms. The van der Waals surface area contributed by atoms with E-state index in [-0.39, 0.29) is 5.96 Å². The zero-order valence-corrected chi connectivity index (χ0v) is 12.0. The van der Waals surface area contributed by atoms with Crippen molar-refractivity contribution in [3.8, 4) is 5.75 Å². The Bertz CT molecular complexity index is 982. The largest absolute Gasteiger partial charge is 0.497 e. The van der Waals surface area contributed by atoms with Gasteiger partial charge in [0.05, 0.1) is 13.3 Å². The number of methoxy groups -OCH3 is 1. The molecule has 22 heavy (non-hydrogen) atoms. The van der Waals surface area contributed by atoms with Crippen molar-refractivity contribution in [3.05, 3.63) is 30.0 Å². The second kappa shape index (κ2) is 8.07. The van der Waals surface area contributed by atoms with E-state index in [4.69, 9.17) is 22.8 Å². The first-order valence-corrected chi connectivity index (χ1v) is 6.38. The van der Waals surface area contributed by atoms with Crippen LogP contribution in [0.3, 0.4) is 0 Å². The zero-order valence-electron chi connectivity index (χ0n) is 21.0. The van der Waals surface area contributed by atoms with Gasteiger partial charge < -0.3 is 15.5 Å². The molecule has 0 saturated heterocycles. The van der Waals surface area contributed by atoms with Crippen LogP contribution >= 0.6 is 0 Å². The van der Waals surface area contributed by atoms with Gasteiger partial charge in [0.1, 0.15) is 5.75 Å². The lowest BCUT2D eigenvalue weighted by atomic mass is 10.2. The monoisotopic (exact) mass is 310 g/mol. The summed E-state index contributed by atoms with van der Waals surface area (Å²) in [5.74, 6) is 0.298. The van der Waals surface area contributed by atoms with E-state index >= 15 is 0 Å². The van der Waals surface area contributed by atoms with Gasteiger partial charge in [-0.25, -0.2) is 5.43 Å². The Kier molecular flexibility index (Phi) is 2.81. The number of aromatic nitrogens is 1. The molecule has 1 heterocycles. The van der Waals surface area contributed by atoms with Crippen LogP contribution in [0.4, 0.5) is 0 Å². The zero-order chi connectivity index (χ0) is 23.7. The lowest BCUT2D eigenvalue weighted by molar-refractivity contribution is 0.415. The Hall–Kier alpha value is -2.50. The molecule has 6 nitrogen and oxygen atoms in total. The molecule has 2 rings (SSSR count). The summed E-state index contributed by atoms with van der Waals surface area (Å²) in [6.07, 6.45) is -6.65. The minimum absolute atomic E-state index is 0.359. The number of fused-ring (bicyclic) bond motifs is 1. The van der Waals surface area contributed by atoms with Crippen LogP contribution < -0.4 is 15.9 Å². The Labute approximate surface area is 143 Å². The molecule has 0 bridgehead atoms. The third-order valence-corrected chi connectivity index (χ3v) is 2.78. The average Bonchev–Trinajstić information content (AvgIpc) is 3.07. The number of rotatable bonds is 7. The molecular weight excluding hydrogens is 278 g/mol. The maximum absolute atomic E-state index is 7.83. The third kappa shape index (κ3) is 4.25. The number of benzene rings is 1. The van der Waals surface area contributed by atoms with E-state index < -0.39 is 32.5 Å². The Balaban J connectivity index is 2.11. The highest BCUT2D eigenvalue weighted by Gasteiger charge is 2.03. The summed E-state index contributed by atoms with van der Waals surface area (Å²) in [6, 6.07) is 5.44. The molecule has 0 radical (unpaired) electrons. The highest BCUT2D eigenvalue weighted by atomic mass is 16.5. The first kappa shape index (κ1) is 7.67. The standard InChI is InChI=1S/C16H23N5O/c1-3-4-5-8-18-16(17)21-20-11-12-10-19-15-7-6-13(22-2)9-14(12)15/h6-7,9-11,19H,3-5,8H2,1-2H3,(H3,17,18,21)/b20-11+/i1D3,3D2,4D2,5D2. The number of aliphatic imine (C=N–C) groups is 1. The number of ether oxygens (including phenoxy) is 1. The molecule has 0 aliphatic heterocycles. The van der Waals surface area contributed by atoms with Crippen LogP contribution in [0.5, 0.6) is 5.75 Å². The van der Waals surface area contributed by atoms with Crippen molar-refractivity contribution in [2.75, 3.05) is 13.7 Å². The summed E-state index contributed by atoms with van der Waals surface area (Å²) >= 11 is 0. The lowest BCUT2D eigenvalue weighted by Crippen LogP contribution is -2.27. The minimum Gasteiger partial charge on any atom is -0.497 e. The molecule has 0 unspecified atom stereocenters. The van der Waals surface area contributed by atoms with E-state index in [0.29, 0.717) is 11.3 Å². The molecular formula is C16H23N5O. The number of hydrazone groups is 1. The highest BCUT2D eigenvalue weighted by Crippen LogP contribution is 2.22. The fourth-order valence-corrected chi connectivity index (χ4v) is 1.77. The normalized spacial score (nSPS) is 20.8. The van der Waals surface area contributed by atoms with Crippen molar-refractivity contribution < 1.29 is 17.1 Å². The van der Waals surface area contributed by atoms with Crippen LogP contribution in [0.15, 0.2) is 34.5 Å². The number of nitrogens with one attached hydrogen (secondary N) is 2. The number of aromatic amines is 1. The van der Waals surface area contributed by atoms with Crippen LogP contribution in [0.2, 0.25) is 0 Å². The van der Waals surface area contributed by atoms with Gasteiger partial charge in [-0.15, -0.1) is 0 Å². The van der Waals surface area contributed by atoms with Gasteiger partial charge in [-0.3, -0.25) is 4.99 Å². The second-order valence-electron chi connectivity index (χ2n) is 4.15. The summed E-state index contributed by atoms with van der Waals surface area (Å²) < 4.78 is 73.0. The third-order valence-electron chi connectivity index (χ3n) is 2.78. The summed E-state index contributed by atoms with van der Waals surface area (Å²) in [5, 5.41) is 4.73. The number of H-pyrrole nitrogens is 1. The van der Waals surface area contributed by atoms with Gasteiger partial charge in [0.25, 0.3) is 0 Å². The first-order valence-electron chi connectivity index (χ1n) is 10.9. The molecule has 1 aromatic carbocycles. The molecule has 2 aromatic rings. The van der Waals surface area contributed by atoms with Gasteiger partial charge in [0.2, 0.25) is 5.96 Å². The predicted octanol–water partition coefficient (Wildman–Crippen LogP) is 2.60. The minimum atomic E-state index is -3.45. The molecule has 4 N–H and O–H groups in total. The highest BCUT2D eigenvalue weighted by molar-refractivity contribution is 5.99. The number of nitrogens with two attached hydrogens (primary N) is 1. The fraction of sp³-hybridized carbons (Fsp3) is 0.375. The van der Waals surface area contributed by atoms with Gasteiger partial charge in [0, 0.05) is 41.5 Å². The van der Waals surface area contributed by atoms with Crippen LogP contribution in [-0.4, -0.2) is 30.8 Å². The molecule has 0 fully saturated rings. The topological polar surface area (TPSA) is 87.8 Å². The van der Waals surface area contributed by atoms with E-state index in [1.165, 1.54) is 6.21 Å². The average molecular weight is 310 g/mol. The smallest absolute Gasteiger partial charge is 0.209 e. The summed E-state index contributed by atoms with van der Waals surface area (Å²) in [7, 11) is 1.55. The molecule has 0 aliphatic rings. The van der Waals surface area contributed by atoms with E-state index in [9.17, 15) is 0 Å².